The molecule has 1 aliphatic carbocycles. The molecule has 0 aromatic heterocycles. The van der Waals surface area contributed by atoms with Gasteiger partial charge in [0.15, 0.2) is 0 Å². The van der Waals surface area contributed by atoms with Crippen molar-refractivity contribution in [2.45, 2.75) is 38.1 Å². The van der Waals surface area contributed by atoms with E-state index in [4.69, 9.17) is 15.2 Å². The Balaban J connectivity index is 2.02. The van der Waals surface area contributed by atoms with Crippen LogP contribution in [0.1, 0.15) is 32.1 Å². The van der Waals surface area contributed by atoms with Gasteiger partial charge in [-0.1, -0.05) is 12.8 Å². The Morgan fingerprint density at radius 2 is 2.06 bits per heavy atom. The molecule has 106 valence electrons. The van der Waals surface area contributed by atoms with Crippen molar-refractivity contribution in [3.8, 4) is 0 Å². The lowest BCUT2D eigenvalue weighted by Gasteiger charge is -2.27. The molecule has 0 aromatic carbocycles. The molecule has 0 radical (unpaired) electrons. The maximum Gasteiger partial charge on any atom is 0.224 e. The van der Waals surface area contributed by atoms with Crippen molar-refractivity contribution >= 4 is 5.91 Å². The summed E-state index contributed by atoms with van der Waals surface area (Å²) in [4.78, 5) is 11.9. The molecule has 0 heterocycles. The summed E-state index contributed by atoms with van der Waals surface area (Å²) in [6.45, 7) is 2.54. The summed E-state index contributed by atoms with van der Waals surface area (Å²) in [5.74, 6) is 0.118. The fourth-order valence-corrected chi connectivity index (χ4v) is 2.25. The highest BCUT2D eigenvalue weighted by molar-refractivity contribution is 5.79. The smallest absolute Gasteiger partial charge is 0.224 e. The van der Waals surface area contributed by atoms with E-state index in [9.17, 15) is 4.79 Å². The second kappa shape index (κ2) is 9.30. The third-order valence-electron chi connectivity index (χ3n) is 3.35. The van der Waals surface area contributed by atoms with Crippen molar-refractivity contribution in [3.63, 3.8) is 0 Å². The number of rotatable bonds is 8. The molecule has 0 spiro atoms. The molecule has 1 aliphatic rings. The van der Waals surface area contributed by atoms with Gasteiger partial charge in [0, 0.05) is 26.3 Å². The molecule has 0 saturated heterocycles. The van der Waals surface area contributed by atoms with Crippen LogP contribution in [0.3, 0.4) is 0 Å². The first kappa shape index (κ1) is 15.4. The topological polar surface area (TPSA) is 73.6 Å². The quantitative estimate of drug-likeness (QED) is 0.628. The summed E-state index contributed by atoms with van der Waals surface area (Å²) in [5.41, 5.74) is 5.97. The lowest BCUT2D eigenvalue weighted by molar-refractivity contribution is -0.126. The second-order valence-corrected chi connectivity index (χ2v) is 4.80. The van der Waals surface area contributed by atoms with E-state index in [1.54, 1.807) is 7.11 Å². The number of carbonyl (C=O) groups is 1. The number of nitrogens with two attached hydrogens (primary N) is 1. The van der Waals surface area contributed by atoms with E-state index in [2.05, 4.69) is 5.32 Å². The minimum absolute atomic E-state index is 0.00756. The zero-order chi connectivity index (χ0) is 13.2. The van der Waals surface area contributed by atoms with Crippen LogP contribution in [-0.4, -0.2) is 45.4 Å². The normalized spacial score (nSPS) is 23.9. The summed E-state index contributed by atoms with van der Waals surface area (Å²) in [6.07, 6.45) is 5.00. The van der Waals surface area contributed by atoms with Crippen LogP contribution in [0.4, 0.5) is 0 Å². The van der Waals surface area contributed by atoms with Gasteiger partial charge in [-0.05, 0) is 19.3 Å². The third kappa shape index (κ3) is 5.80. The van der Waals surface area contributed by atoms with Crippen molar-refractivity contribution in [1.29, 1.82) is 0 Å². The molecule has 1 fully saturated rings. The summed E-state index contributed by atoms with van der Waals surface area (Å²) in [6, 6.07) is 0.0386. The number of hydrogen-bond donors (Lipinski definition) is 2. The number of ether oxygens (including phenoxy) is 2. The number of methoxy groups -OCH3 is 1. The minimum Gasteiger partial charge on any atom is -0.382 e. The van der Waals surface area contributed by atoms with Crippen molar-refractivity contribution in [2.24, 2.45) is 11.7 Å². The zero-order valence-electron chi connectivity index (χ0n) is 11.3. The molecule has 3 N–H and O–H groups in total. The molecule has 1 saturated carbocycles. The summed E-state index contributed by atoms with van der Waals surface area (Å²) >= 11 is 0. The SMILES string of the molecule is COCCOCCCNC(=O)C1CCCCC1N. The first-order chi connectivity index (χ1) is 8.75. The molecule has 5 heteroatoms. The Morgan fingerprint density at radius 1 is 1.28 bits per heavy atom. The maximum atomic E-state index is 11.9. The molecule has 0 aliphatic heterocycles. The predicted molar refractivity (Wildman–Crippen MR) is 70.3 cm³/mol. The fourth-order valence-electron chi connectivity index (χ4n) is 2.25. The van der Waals surface area contributed by atoms with Crippen LogP contribution in [0.25, 0.3) is 0 Å². The average Bonchev–Trinajstić information content (AvgIpc) is 2.38. The van der Waals surface area contributed by atoms with E-state index in [-0.39, 0.29) is 17.9 Å². The van der Waals surface area contributed by atoms with Gasteiger partial charge in [-0.15, -0.1) is 0 Å². The van der Waals surface area contributed by atoms with E-state index in [1.165, 1.54) is 0 Å². The number of carbonyl (C=O) groups excluding carboxylic acids is 1. The van der Waals surface area contributed by atoms with Gasteiger partial charge in [-0.3, -0.25) is 4.79 Å². The number of amides is 1. The van der Waals surface area contributed by atoms with E-state index >= 15 is 0 Å². The van der Waals surface area contributed by atoms with Crippen LogP contribution in [-0.2, 0) is 14.3 Å². The van der Waals surface area contributed by atoms with Crippen LogP contribution < -0.4 is 11.1 Å². The van der Waals surface area contributed by atoms with E-state index < -0.39 is 0 Å². The van der Waals surface area contributed by atoms with Crippen LogP contribution >= 0.6 is 0 Å². The lowest BCUT2D eigenvalue weighted by atomic mass is 9.84. The van der Waals surface area contributed by atoms with Gasteiger partial charge in [0.05, 0.1) is 19.1 Å². The van der Waals surface area contributed by atoms with Crippen molar-refractivity contribution in [1.82, 2.24) is 5.32 Å². The summed E-state index contributed by atoms with van der Waals surface area (Å²) in [5, 5.41) is 2.94. The molecule has 2 atom stereocenters. The molecular weight excluding hydrogens is 232 g/mol. The standard InChI is InChI=1S/C13H26N2O3/c1-17-9-10-18-8-4-7-15-13(16)11-5-2-3-6-12(11)14/h11-12H,2-10,14H2,1H3,(H,15,16). The molecule has 18 heavy (non-hydrogen) atoms. The van der Waals surface area contributed by atoms with Gasteiger partial charge < -0.3 is 20.5 Å². The Kier molecular flexibility index (Phi) is 7.96. The monoisotopic (exact) mass is 258 g/mol. The lowest BCUT2D eigenvalue weighted by Crippen LogP contribution is -2.44. The molecule has 0 aromatic rings. The van der Waals surface area contributed by atoms with Crippen molar-refractivity contribution in [2.75, 3.05) is 33.5 Å². The first-order valence-electron chi connectivity index (χ1n) is 6.85. The third-order valence-corrected chi connectivity index (χ3v) is 3.35. The average molecular weight is 258 g/mol. The maximum absolute atomic E-state index is 11.9. The van der Waals surface area contributed by atoms with Gasteiger partial charge in [0.1, 0.15) is 0 Å². The molecule has 1 amide bonds. The van der Waals surface area contributed by atoms with Crippen molar-refractivity contribution < 1.29 is 14.3 Å². The number of nitrogens with one attached hydrogen (secondary N) is 1. The van der Waals surface area contributed by atoms with Gasteiger partial charge >= 0.3 is 0 Å². The Hall–Kier alpha value is -0.650. The van der Waals surface area contributed by atoms with Crippen LogP contribution in [0, 0.1) is 5.92 Å². The molecule has 0 bridgehead atoms. The molecular formula is C13H26N2O3. The predicted octanol–water partition coefficient (Wildman–Crippen LogP) is 0.673. The van der Waals surface area contributed by atoms with Crippen LogP contribution in [0.2, 0.25) is 0 Å². The highest BCUT2D eigenvalue weighted by atomic mass is 16.5. The molecule has 2 unspecified atom stereocenters. The van der Waals surface area contributed by atoms with Crippen molar-refractivity contribution in [3.05, 3.63) is 0 Å². The van der Waals surface area contributed by atoms with Gasteiger partial charge in [-0.2, -0.15) is 0 Å². The van der Waals surface area contributed by atoms with Gasteiger partial charge in [-0.25, -0.2) is 0 Å². The Labute approximate surface area is 109 Å². The summed E-state index contributed by atoms with van der Waals surface area (Å²) < 4.78 is 10.2. The summed E-state index contributed by atoms with van der Waals surface area (Å²) in [7, 11) is 1.65. The van der Waals surface area contributed by atoms with E-state index in [1.807, 2.05) is 0 Å². The Morgan fingerprint density at radius 3 is 2.78 bits per heavy atom. The number of hydrogen-bond acceptors (Lipinski definition) is 4. The van der Waals surface area contributed by atoms with Crippen LogP contribution in [0.5, 0.6) is 0 Å². The fraction of sp³-hybridized carbons (Fsp3) is 0.923. The molecule has 1 rings (SSSR count). The molecule has 5 nitrogen and oxygen atoms in total. The second-order valence-electron chi connectivity index (χ2n) is 4.80. The highest BCUT2D eigenvalue weighted by Gasteiger charge is 2.27. The zero-order valence-corrected chi connectivity index (χ0v) is 11.3. The van der Waals surface area contributed by atoms with Gasteiger partial charge in [0.25, 0.3) is 0 Å². The Bertz CT molecular complexity index is 236. The highest BCUT2D eigenvalue weighted by Crippen LogP contribution is 2.22. The van der Waals surface area contributed by atoms with Gasteiger partial charge in [0.2, 0.25) is 5.91 Å². The first-order valence-corrected chi connectivity index (χ1v) is 6.85. The largest absolute Gasteiger partial charge is 0.382 e. The van der Waals surface area contributed by atoms with E-state index in [0.717, 1.165) is 32.1 Å². The van der Waals surface area contributed by atoms with Crippen LogP contribution in [0.15, 0.2) is 0 Å². The van der Waals surface area contributed by atoms with E-state index in [0.29, 0.717) is 26.4 Å². The minimum atomic E-state index is 0.00756.